The van der Waals surface area contributed by atoms with Crippen LogP contribution in [-0.4, -0.2) is 33.4 Å². The second kappa shape index (κ2) is 4.97. The molecule has 0 saturated heterocycles. The van der Waals surface area contributed by atoms with Crippen molar-refractivity contribution in [2.45, 2.75) is 10.6 Å². The molecule has 1 aliphatic heterocycles. The molecule has 1 nitrogen and oxygen atoms in total. The molecule has 1 aliphatic rings. The first-order valence-corrected chi connectivity index (χ1v) is 10.4. The third-order valence-corrected chi connectivity index (χ3v) is 8.11. The zero-order valence-electron chi connectivity index (χ0n) is 9.30. The minimum absolute atomic E-state index is 0.388. The molecule has 1 heterocycles. The van der Waals surface area contributed by atoms with Crippen LogP contribution in [0.15, 0.2) is 48.5 Å². The van der Waals surface area contributed by atoms with Crippen LogP contribution in [0.3, 0.4) is 0 Å². The van der Waals surface area contributed by atoms with Crippen molar-refractivity contribution in [2.75, 3.05) is 0 Å². The normalized spacial score (nSPS) is 15.6. The summed E-state index contributed by atoms with van der Waals surface area (Å²) in [5.74, 6) is 0. The monoisotopic (exact) mass is 357 g/mol. The van der Waals surface area contributed by atoms with Crippen LogP contribution in [0.25, 0.3) is 0 Å². The number of fused-ring (bicyclic) bond motifs is 2. The molecule has 1 radical (unpaired) electrons. The second-order valence-electron chi connectivity index (χ2n) is 4.07. The van der Waals surface area contributed by atoms with Crippen molar-refractivity contribution in [3.63, 3.8) is 0 Å². The molecule has 17 heavy (non-hydrogen) atoms. The summed E-state index contributed by atoms with van der Waals surface area (Å²) in [5.41, 5.74) is 2.74. The molecular formula is C14H13OSe2. The average molecular weight is 355 g/mol. The van der Waals surface area contributed by atoms with E-state index < -0.39 is 14.2 Å². The molecule has 3 heteroatoms. The van der Waals surface area contributed by atoms with E-state index >= 15 is 0 Å². The van der Waals surface area contributed by atoms with Gasteiger partial charge in [0, 0.05) is 0 Å². The summed E-state index contributed by atoms with van der Waals surface area (Å²) in [6, 6.07) is 17.2. The summed E-state index contributed by atoms with van der Waals surface area (Å²) in [6.07, 6.45) is 0. The maximum atomic E-state index is 10.2. The van der Waals surface area contributed by atoms with Gasteiger partial charge in [-0.1, -0.05) is 0 Å². The Hall–Kier alpha value is -0.561. The number of hydrogen-bond donors (Lipinski definition) is 1. The van der Waals surface area contributed by atoms with Crippen molar-refractivity contribution in [3.8, 4) is 0 Å². The molecule has 0 aromatic heterocycles. The van der Waals surface area contributed by atoms with Gasteiger partial charge in [-0.3, -0.25) is 0 Å². The summed E-state index contributed by atoms with van der Waals surface area (Å²) in [6.45, 7) is 0. The Kier molecular flexibility index (Phi) is 3.37. The molecule has 0 fully saturated rings. The predicted molar refractivity (Wildman–Crippen MR) is 73.3 cm³/mol. The van der Waals surface area contributed by atoms with Gasteiger partial charge in [-0.15, -0.1) is 0 Å². The van der Waals surface area contributed by atoms with Crippen molar-refractivity contribution in [2.24, 2.45) is 0 Å². The molecule has 0 amide bonds. The Morgan fingerprint density at radius 3 is 1.82 bits per heavy atom. The van der Waals surface area contributed by atoms with Crippen LogP contribution in [0.2, 0.25) is 0 Å². The Labute approximate surface area is 112 Å². The summed E-state index contributed by atoms with van der Waals surface area (Å²) >= 11 is -1.11. The Bertz CT molecular complexity index is 492. The van der Waals surface area contributed by atoms with Gasteiger partial charge in [0.1, 0.15) is 0 Å². The van der Waals surface area contributed by atoms with E-state index in [0.29, 0.717) is 15.0 Å². The predicted octanol–water partition coefficient (Wildman–Crippen LogP) is 0.502. The van der Waals surface area contributed by atoms with E-state index in [1.165, 1.54) is 20.1 Å². The number of rotatable bonds is 0. The van der Waals surface area contributed by atoms with E-state index in [-0.39, 0.29) is 0 Å². The summed E-state index contributed by atoms with van der Waals surface area (Å²) in [4.78, 5) is 0. The molecule has 1 N–H and O–H groups in total. The third kappa shape index (κ3) is 2.49. The molecule has 0 saturated carbocycles. The number of benzene rings is 2. The zero-order chi connectivity index (χ0) is 11.7. The van der Waals surface area contributed by atoms with Crippen LogP contribution in [0.1, 0.15) is 11.1 Å². The fourth-order valence-electron chi connectivity index (χ4n) is 1.97. The molecule has 87 valence electrons. The van der Waals surface area contributed by atoms with Gasteiger partial charge in [0.05, 0.1) is 0 Å². The molecule has 0 atom stereocenters. The zero-order valence-corrected chi connectivity index (χ0v) is 12.7. The molecule has 0 spiro atoms. The molecule has 0 bridgehead atoms. The van der Waals surface area contributed by atoms with Gasteiger partial charge in [0.2, 0.25) is 0 Å². The van der Waals surface area contributed by atoms with Crippen molar-refractivity contribution in [1.29, 1.82) is 0 Å². The van der Waals surface area contributed by atoms with Crippen molar-refractivity contribution >= 4 is 38.1 Å². The topological polar surface area (TPSA) is 20.2 Å². The number of hydrogen-bond acceptors (Lipinski definition) is 1. The molecule has 2 aromatic rings. The quantitative estimate of drug-likeness (QED) is 0.683. The SMILES string of the molecule is O[Se]1Cc2ccccc2[Se]c2ccccc2C1. The molecule has 0 unspecified atom stereocenters. The standard InChI is InChI=1S/C14H13OSe2/c15-17-9-11-5-1-3-7-13(11)16-14-8-4-2-6-12(14)10-17/h1-8,15H,9-10H2. The van der Waals surface area contributed by atoms with E-state index in [4.69, 9.17) is 0 Å². The van der Waals surface area contributed by atoms with Crippen molar-refractivity contribution in [3.05, 3.63) is 59.7 Å². The van der Waals surface area contributed by atoms with Crippen LogP contribution < -0.4 is 8.92 Å². The second-order valence-corrected chi connectivity index (χ2v) is 9.49. The molecule has 0 aliphatic carbocycles. The summed E-state index contributed by atoms with van der Waals surface area (Å²) in [7, 11) is 0. The van der Waals surface area contributed by atoms with Crippen LogP contribution in [0.5, 0.6) is 0 Å². The molecular weight excluding hydrogens is 342 g/mol. The van der Waals surface area contributed by atoms with E-state index in [1.54, 1.807) is 0 Å². The first-order chi connectivity index (χ1) is 8.33. The van der Waals surface area contributed by atoms with Crippen molar-refractivity contribution < 1.29 is 4.19 Å². The van der Waals surface area contributed by atoms with Crippen LogP contribution in [0, 0.1) is 0 Å². The Morgan fingerprint density at radius 2 is 1.29 bits per heavy atom. The van der Waals surface area contributed by atoms with Gasteiger partial charge in [0.15, 0.2) is 0 Å². The van der Waals surface area contributed by atoms with Gasteiger partial charge in [-0.25, -0.2) is 0 Å². The van der Waals surface area contributed by atoms with Gasteiger partial charge < -0.3 is 0 Å². The Balaban J connectivity index is 2.09. The van der Waals surface area contributed by atoms with E-state index in [9.17, 15) is 4.19 Å². The molecule has 2 aromatic carbocycles. The van der Waals surface area contributed by atoms with E-state index in [0.717, 1.165) is 10.6 Å². The van der Waals surface area contributed by atoms with Gasteiger partial charge in [0.25, 0.3) is 0 Å². The fourth-order valence-corrected chi connectivity index (χ4v) is 7.93. The molecule has 3 rings (SSSR count). The van der Waals surface area contributed by atoms with Crippen LogP contribution in [-0.2, 0) is 10.6 Å². The van der Waals surface area contributed by atoms with Crippen molar-refractivity contribution in [1.82, 2.24) is 0 Å². The fraction of sp³-hybridized carbons (Fsp3) is 0.143. The first kappa shape index (κ1) is 11.5. The third-order valence-electron chi connectivity index (χ3n) is 2.81. The van der Waals surface area contributed by atoms with Crippen LogP contribution in [0.4, 0.5) is 0 Å². The summed E-state index contributed by atoms with van der Waals surface area (Å²) in [5, 5.41) is 1.82. The minimum atomic E-state index is -1.49. The van der Waals surface area contributed by atoms with Gasteiger partial charge >= 0.3 is 113 Å². The summed E-state index contributed by atoms with van der Waals surface area (Å²) < 4.78 is 13.1. The average Bonchev–Trinajstić information content (AvgIpc) is 2.31. The van der Waals surface area contributed by atoms with E-state index in [1.807, 2.05) is 0 Å². The first-order valence-electron chi connectivity index (χ1n) is 5.53. The van der Waals surface area contributed by atoms with Crippen LogP contribution >= 0.6 is 0 Å². The Morgan fingerprint density at radius 1 is 0.824 bits per heavy atom. The van der Waals surface area contributed by atoms with Gasteiger partial charge in [-0.2, -0.15) is 0 Å². The van der Waals surface area contributed by atoms with Gasteiger partial charge in [-0.05, 0) is 0 Å². The maximum absolute atomic E-state index is 10.2. The van der Waals surface area contributed by atoms with E-state index in [2.05, 4.69) is 48.5 Å².